The van der Waals surface area contributed by atoms with Gasteiger partial charge in [-0.2, -0.15) is 0 Å². The van der Waals surface area contributed by atoms with Gasteiger partial charge in [-0.05, 0) is 72.0 Å². The van der Waals surface area contributed by atoms with Crippen LogP contribution in [0.5, 0.6) is 0 Å². The smallest absolute Gasteiger partial charge is 0.0210 e. The molecule has 2 heterocycles. The fraction of sp³-hybridized carbons (Fsp3) is 1.00. The molecule has 0 aromatic rings. The van der Waals surface area contributed by atoms with Crippen LogP contribution < -0.4 is 5.32 Å². The maximum atomic E-state index is 3.81. The molecular weight excluding hydrogens is 246 g/mol. The average Bonchev–Trinajstić information content (AvgIpc) is 3.21. The number of hydrogen-bond acceptors (Lipinski definition) is 3. The van der Waals surface area contributed by atoms with Crippen LogP contribution in [0.3, 0.4) is 0 Å². The zero-order valence-electron chi connectivity index (χ0n) is 13.5. The molecule has 116 valence electrons. The summed E-state index contributed by atoms with van der Waals surface area (Å²) >= 11 is 0. The van der Waals surface area contributed by atoms with Crippen molar-refractivity contribution in [1.82, 2.24) is 15.1 Å². The van der Waals surface area contributed by atoms with E-state index >= 15 is 0 Å². The molecule has 3 unspecified atom stereocenters. The molecule has 1 saturated carbocycles. The van der Waals surface area contributed by atoms with E-state index in [2.05, 4.69) is 29.0 Å². The van der Waals surface area contributed by atoms with Crippen molar-refractivity contribution in [3.8, 4) is 0 Å². The van der Waals surface area contributed by atoms with Crippen molar-refractivity contribution >= 4 is 0 Å². The molecule has 20 heavy (non-hydrogen) atoms. The Balaban J connectivity index is 1.30. The molecule has 3 rings (SSSR count). The van der Waals surface area contributed by atoms with E-state index in [-0.39, 0.29) is 0 Å². The van der Waals surface area contributed by atoms with Crippen molar-refractivity contribution in [1.29, 1.82) is 0 Å². The van der Waals surface area contributed by atoms with Gasteiger partial charge in [-0.15, -0.1) is 0 Å². The maximum absolute atomic E-state index is 3.81. The summed E-state index contributed by atoms with van der Waals surface area (Å²) < 4.78 is 0. The Morgan fingerprint density at radius 1 is 1.05 bits per heavy atom. The third-order valence-electron chi connectivity index (χ3n) is 5.63. The van der Waals surface area contributed by atoms with E-state index in [1.165, 1.54) is 71.1 Å². The van der Waals surface area contributed by atoms with Gasteiger partial charge in [0, 0.05) is 30.7 Å². The van der Waals surface area contributed by atoms with E-state index < -0.39 is 0 Å². The molecule has 0 radical (unpaired) electrons. The second-order valence-corrected chi connectivity index (χ2v) is 7.40. The van der Waals surface area contributed by atoms with Crippen molar-refractivity contribution < 1.29 is 0 Å². The van der Waals surface area contributed by atoms with Crippen molar-refractivity contribution in [2.75, 3.05) is 26.2 Å². The van der Waals surface area contributed by atoms with Crippen LogP contribution in [0.1, 0.15) is 58.8 Å². The lowest BCUT2D eigenvalue weighted by molar-refractivity contribution is 0.158. The van der Waals surface area contributed by atoms with E-state index in [0.717, 1.165) is 24.2 Å². The third-order valence-corrected chi connectivity index (χ3v) is 5.63. The zero-order chi connectivity index (χ0) is 13.9. The van der Waals surface area contributed by atoms with Crippen LogP contribution in [0, 0.1) is 0 Å². The maximum Gasteiger partial charge on any atom is 0.0210 e. The minimum Gasteiger partial charge on any atom is -0.313 e. The Labute approximate surface area is 125 Å². The lowest BCUT2D eigenvalue weighted by Crippen LogP contribution is -2.40. The largest absolute Gasteiger partial charge is 0.313 e. The summed E-state index contributed by atoms with van der Waals surface area (Å²) in [6.07, 6.45) is 9.83. The summed E-state index contributed by atoms with van der Waals surface area (Å²) in [6, 6.07) is 3.32. The first-order valence-electron chi connectivity index (χ1n) is 8.97. The summed E-state index contributed by atoms with van der Waals surface area (Å²) in [7, 11) is 0. The highest BCUT2D eigenvalue weighted by atomic mass is 15.3. The molecule has 0 aromatic heterocycles. The number of hydrogen-bond donors (Lipinski definition) is 1. The first-order chi connectivity index (χ1) is 9.74. The second kappa shape index (κ2) is 6.76. The highest BCUT2D eigenvalue weighted by molar-refractivity contribution is 4.95. The Morgan fingerprint density at radius 3 is 2.65 bits per heavy atom. The fourth-order valence-electron chi connectivity index (χ4n) is 4.20. The summed E-state index contributed by atoms with van der Waals surface area (Å²) in [4.78, 5) is 5.43. The number of nitrogens with zero attached hydrogens (tertiary/aromatic N) is 2. The third kappa shape index (κ3) is 3.75. The van der Waals surface area contributed by atoms with Crippen molar-refractivity contribution in [2.24, 2.45) is 0 Å². The van der Waals surface area contributed by atoms with Crippen LogP contribution in [0.2, 0.25) is 0 Å². The molecule has 0 aromatic carbocycles. The monoisotopic (exact) mass is 279 g/mol. The molecule has 1 aliphatic carbocycles. The first kappa shape index (κ1) is 14.8. The molecule has 2 saturated heterocycles. The highest BCUT2D eigenvalue weighted by Crippen LogP contribution is 2.33. The number of nitrogens with one attached hydrogen (secondary N) is 1. The van der Waals surface area contributed by atoms with Crippen molar-refractivity contribution in [3.63, 3.8) is 0 Å². The molecular formula is C17H33N3. The van der Waals surface area contributed by atoms with Crippen LogP contribution >= 0.6 is 0 Å². The van der Waals surface area contributed by atoms with Gasteiger partial charge in [0.05, 0.1) is 0 Å². The molecule has 0 bridgehead atoms. The Morgan fingerprint density at radius 2 is 1.90 bits per heavy atom. The molecule has 0 amide bonds. The molecule has 3 heteroatoms. The SMILES string of the molecule is CC1CCCCN1CCCNC1CC(C)N(C2CC2)C1. The van der Waals surface area contributed by atoms with E-state index in [1.54, 1.807) is 0 Å². The van der Waals surface area contributed by atoms with Gasteiger partial charge in [-0.3, -0.25) is 4.90 Å². The fourth-order valence-corrected chi connectivity index (χ4v) is 4.20. The van der Waals surface area contributed by atoms with Crippen LogP contribution in [-0.4, -0.2) is 60.1 Å². The molecule has 3 fully saturated rings. The van der Waals surface area contributed by atoms with Gasteiger partial charge in [0.25, 0.3) is 0 Å². The highest BCUT2D eigenvalue weighted by Gasteiger charge is 2.38. The van der Waals surface area contributed by atoms with Gasteiger partial charge >= 0.3 is 0 Å². The topological polar surface area (TPSA) is 18.5 Å². The Kier molecular flexibility index (Phi) is 5.00. The first-order valence-corrected chi connectivity index (χ1v) is 8.97. The molecule has 2 aliphatic heterocycles. The predicted octanol–water partition coefficient (Wildman–Crippen LogP) is 2.47. The number of rotatable bonds is 6. The van der Waals surface area contributed by atoms with E-state index in [4.69, 9.17) is 0 Å². The zero-order valence-corrected chi connectivity index (χ0v) is 13.5. The summed E-state index contributed by atoms with van der Waals surface area (Å²) in [5.41, 5.74) is 0. The second-order valence-electron chi connectivity index (χ2n) is 7.40. The molecule has 3 atom stereocenters. The Hall–Kier alpha value is -0.120. The molecule has 1 N–H and O–H groups in total. The lowest BCUT2D eigenvalue weighted by atomic mass is 10.0. The number of piperidine rings is 1. The average molecular weight is 279 g/mol. The minimum absolute atomic E-state index is 0.754. The van der Waals surface area contributed by atoms with Gasteiger partial charge in [-0.1, -0.05) is 6.42 Å². The number of likely N-dealkylation sites (tertiary alicyclic amines) is 2. The summed E-state index contributed by atoms with van der Waals surface area (Å²) in [5.74, 6) is 0. The quantitative estimate of drug-likeness (QED) is 0.754. The van der Waals surface area contributed by atoms with Crippen molar-refractivity contribution in [3.05, 3.63) is 0 Å². The lowest BCUT2D eigenvalue weighted by Gasteiger charge is -2.33. The summed E-state index contributed by atoms with van der Waals surface area (Å²) in [6.45, 7) is 9.94. The normalized spacial score (nSPS) is 36.6. The molecule has 0 spiro atoms. The van der Waals surface area contributed by atoms with Crippen LogP contribution in [0.25, 0.3) is 0 Å². The van der Waals surface area contributed by atoms with Crippen LogP contribution in [0.4, 0.5) is 0 Å². The van der Waals surface area contributed by atoms with E-state index in [1.807, 2.05) is 0 Å². The molecule has 3 nitrogen and oxygen atoms in total. The van der Waals surface area contributed by atoms with E-state index in [9.17, 15) is 0 Å². The minimum atomic E-state index is 0.754. The Bertz CT molecular complexity index is 303. The van der Waals surface area contributed by atoms with Gasteiger partial charge in [0.2, 0.25) is 0 Å². The van der Waals surface area contributed by atoms with Crippen LogP contribution in [0.15, 0.2) is 0 Å². The van der Waals surface area contributed by atoms with Gasteiger partial charge in [0.15, 0.2) is 0 Å². The van der Waals surface area contributed by atoms with Crippen LogP contribution in [-0.2, 0) is 0 Å². The van der Waals surface area contributed by atoms with Gasteiger partial charge in [-0.25, -0.2) is 0 Å². The summed E-state index contributed by atoms with van der Waals surface area (Å²) in [5, 5.41) is 3.81. The standard InChI is InChI=1S/C17H33N3/c1-14-6-3-4-10-19(14)11-5-9-18-16-12-15(2)20(13-16)17-7-8-17/h14-18H,3-13H2,1-2H3. The molecule has 3 aliphatic rings. The van der Waals surface area contributed by atoms with Gasteiger partial charge < -0.3 is 10.2 Å². The van der Waals surface area contributed by atoms with Crippen molar-refractivity contribution in [2.45, 2.75) is 83.0 Å². The van der Waals surface area contributed by atoms with E-state index in [0.29, 0.717) is 0 Å². The van der Waals surface area contributed by atoms with Gasteiger partial charge in [0.1, 0.15) is 0 Å². The predicted molar refractivity (Wildman–Crippen MR) is 85.1 cm³/mol.